The number of thiophene rings is 1. The van der Waals surface area contributed by atoms with Crippen LogP contribution in [0.25, 0.3) is 0 Å². The van der Waals surface area contributed by atoms with Gasteiger partial charge in [-0.25, -0.2) is 0 Å². The molecule has 110 valence electrons. The molecule has 0 amide bonds. The predicted molar refractivity (Wildman–Crippen MR) is 85.8 cm³/mol. The molecule has 1 aromatic rings. The second-order valence-electron chi connectivity index (χ2n) is 8.07. The molecule has 0 spiro atoms. The molecule has 19 heavy (non-hydrogen) atoms. The van der Waals surface area contributed by atoms with E-state index in [-0.39, 0.29) is 11.5 Å². The first kappa shape index (κ1) is 16.7. The van der Waals surface area contributed by atoms with E-state index in [0.717, 1.165) is 17.7 Å². The maximum Gasteiger partial charge on any atom is 0.0884 e. The number of hydrogen-bond donors (Lipinski definition) is 1. The van der Waals surface area contributed by atoms with Crippen LogP contribution in [0.3, 0.4) is 0 Å². The van der Waals surface area contributed by atoms with Gasteiger partial charge in [0, 0.05) is 9.75 Å². The van der Waals surface area contributed by atoms with E-state index in [1.165, 1.54) is 4.88 Å². The number of aliphatic hydroxyl groups is 1. The Bertz CT molecular complexity index is 392. The Kier molecular flexibility index (Phi) is 5.25. The SMILES string of the molecule is CC(CC(O)c1ccc(C(C)(C)C)s1)CC(C)(C)C. The molecule has 0 aliphatic rings. The molecule has 0 bridgehead atoms. The predicted octanol–water partition coefficient (Wildman–Crippen LogP) is 5.54. The summed E-state index contributed by atoms with van der Waals surface area (Å²) in [7, 11) is 0. The minimum absolute atomic E-state index is 0.180. The molecule has 1 rings (SSSR count). The summed E-state index contributed by atoms with van der Waals surface area (Å²) in [6.07, 6.45) is 1.71. The van der Waals surface area contributed by atoms with Crippen molar-refractivity contribution >= 4 is 11.3 Å². The smallest absolute Gasteiger partial charge is 0.0884 e. The summed E-state index contributed by atoms with van der Waals surface area (Å²) in [6, 6.07) is 4.26. The quantitative estimate of drug-likeness (QED) is 0.768. The molecule has 2 heteroatoms. The lowest BCUT2D eigenvalue weighted by Gasteiger charge is -2.24. The van der Waals surface area contributed by atoms with Crippen LogP contribution in [-0.4, -0.2) is 5.11 Å². The van der Waals surface area contributed by atoms with E-state index in [9.17, 15) is 5.11 Å². The molecule has 0 radical (unpaired) electrons. The van der Waals surface area contributed by atoms with Crippen LogP contribution in [0.1, 0.15) is 77.2 Å². The molecule has 1 nitrogen and oxygen atoms in total. The highest BCUT2D eigenvalue weighted by Crippen LogP contribution is 2.36. The lowest BCUT2D eigenvalue weighted by molar-refractivity contribution is 0.137. The molecule has 0 saturated heterocycles. The van der Waals surface area contributed by atoms with Crippen molar-refractivity contribution in [2.24, 2.45) is 11.3 Å². The number of aliphatic hydroxyl groups excluding tert-OH is 1. The largest absolute Gasteiger partial charge is 0.388 e. The van der Waals surface area contributed by atoms with E-state index < -0.39 is 0 Å². The molecule has 2 atom stereocenters. The van der Waals surface area contributed by atoms with Crippen molar-refractivity contribution in [3.8, 4) is 0 Å². The molecule has 0 aromatic carbocycles. The van der Waals surface area contributed by atoms with E-state index in [2.05, 4.69) is 60.6 Å². The zero-order valence-electron chi connectivity index (χ0n) is 13.6. The molecule has 1 heterocycles. The van der Waals surface area contributed by atoms with Crippen LogP contribution >= 0.6 is 11.3 Å². The van der Waals surface area contributed by atoms with Gasteiger partial charge in [0.15, 0.2) is 0 Å². The number of rotatable bonds is 4. The van der Waals surface area contributed by atoms with Crippen molar-refractivity contribution in [3.05, 3.63) is 21.9 Å². The first-order valence-corrected chi connectivity index (χ1v) is 8.09. The molecule has 0 aliphatic heterocycles. The fourth-order valence-electron chi connectivity index (χ4n) is 2.56. The van der Waals surface area contributed by atoms with Crippen LogP contribution in [0.5, 0.6) is 0 Å². The van der Waals surface area contributed by atoms with Crippen LogP contribution in [-0.2, 0) is 5.41 Å². The van der Waals surface area contributed by atoms with Crippen molar-refractivity contribution in [1.29, 1.82) is 0 Å². The second kappa shape index (κ2) is 5.97. The highest BCUT2D eigenvalue weighted by atomic mass is 32.1. The average molecular weight is 282 g/mol. The van der Waals surface area contributed by atoms with Crippen molar-refractivity contribution in [2.75, 3.05) is 0 Å². The Morgan fingerprint density at radius 2 is 1.68 bits per heavy atom. The van der Waals surface area contributed by atoms with Gasteiger partial charge in [-0.3, -0.25) is 0 Å². The molecule has 0 fully saturated rings. The van der Waals surface area contributed by atoms with Crippen LogP contribution in [0.2, 0.25) is 0 Å². The minimum atomic E-state index is -0.307. The maximum absolute atomic E-state index is 10.4. The van der Waals surface area contributed by atoms with Gasteiger partial charge in [-0.15, -0.1) is 11.3 Å². The van der Waals surface area contributed by atoms with Crippen LogP contribution in [0.15, 0.2) is 12.1 Å². The summed E-state index contributed by atoms with van der Waals surface area (Å²) < 4.78 is 0. The van der Waals surface area contributed by atoms with Gasteiger partial charge in [-0.05, 0) is 41.7 Å². The lowest BCUT2D eigenvalue weighted by Crippen LogP contribution is -2.13. The molecule has 1 aromatic heterocycles. The first-order chi connectivity index (χ1) is 8.49. The van der Waals surface area contributed by atoms with Gasteiger partial charge >= 0.3 is 0 Å². The Hall–Kier alpha value is -0.340. The van der Waals surface area contributed by atoms with Gasteiger partial charge in [0.05, 0.1) is 6.10 Å². The molecule has 0 saturated carbocycles. The van der Waals surface area contributed by atoms with Crippen LogP contribution in [0, 0.1) is 11.3 Å². The van der Waals surface area contributed by atoms with E-state index in [1.54, 1.807) is 11.3 Å². The summed E-state index contributed by atoms with van der Waals surface area (Å²) in [6.45, 7) is 15.7. The molecular weight excluding hydrogens is 252 g/mol. The summed E-state index contributed by atoms with van der Waals surface area (Å²) in [4.78, 5) is 2.47. The fourth-order valence-corrected chi connectivity index (χ4v) is 3.63. The van der Waals surface area contributed by atoms with E-state index in [1.807, 2.05) is 0 Å². The Morgan fingerprint density at radius 1 is 1.11 bits per heavy atom. The Balaban J connectivity index is 2.63. The second-order valence-corrected chi connectivity index (χ2v) is 9.19. The molecule has 2 unspecified atom stereocenters. The van der Waals surface area contributed by atoms with Crippen LogP contribution in [0.4, 0.5) is 0 Å². The lowest BCUT2D eigenvalue weighted by atomic mass is 9.83. The van der Waals surface area contributed by atoms with E-state index in [0.29, 0.717) is 11.3 Å². The van der Waals surface area contributed by atoms with Gasteiger partial charge in [0.25, 0.3) is 0 Å². The Labute approximate surface area is 123 Å². The van der Waals surface area contributed by atoms with E-state index in [4.69, 9.17) is 0 Å². The molecule has 1 N–H and O–H groups in total. The third kappa shape index (κ3) is 5.66. The van der Waals surface area contributed by atoms with Crippen molar-refractivity contribution in [2.45, 2.75) is 72.8 Å². The van der Waals surface area contributed by atoms with E-state index >= 15 is 0 Å². The van der Waals surface area contributed by atoms with Gasteiger partial charge in [0.1, 0.15) is 0 Å². The van der Waals surface area contributed by atoms with Crippen LogP contribution < -0.4 is 0 Å². The van der Waals surface area contributed by atoms with Crippen molar-refractivity contribution < 1.29 is 5.11 Å². The topological polar surface area (TPSA) is 20.2 Å². The Morgan fingerprint density at radius 3 is 2.11 bits per heavy atom. The summed E-state index contributed by atoms with van der Waals surface area (Å²) >= 11 is 1.76. The highest BCUT2D eigenvalue weighted by molar-refractivity contribution is 7.12. The fraction of sp³-hybridized carbons (Fsp3) is 0.765. The number of hydrogen-bond acceptors (Lipinski definition) is 2. The van der Waals surface area contributed by atoms with Crippen molar-refractivity contribution in [1.82, 2.24) is 0 Å². The monoisotopic (exact) mass is 282 g/mol. The summed E-state index contributed by atoms with van der Waals surface area (Å²) in [5.41, 5.74) is 0.519. The zero-order valence-corrected chi connectivity index (χ0v) is 14.4. The standard InChI is InChI=1S/C17H30OS/c1-12(11-16(2,3)4)10-13(18)14-8-9-15(19-14)17(5,6)7/h8-9,12-13,18H,10-11H2,1-7H3. The molecular formula is C17H30OS. The molecule has 0 aliphatic carbocycles. The minimum Gasteiger partial charge on any atom is -0.388 e. The maximum atomic E-state index is 10.4. The zero-order chi connectivity index (χ0) is 14.8. The average Bonchev–Trinajstić information content (AvgIpc) is 2.61. The van der Waals surface area contributed by atoms with Gasteiger partial charge in [0.2, 0.25) is 0 Å². The first-order valence-electron chi connectivity index (χ1n) is 7.27. The highest BCUT2D eigenvalue weighted by Gasteiger charge is 2.22. The van der Waals surface area contributed by atoms with Gasteiger partial charge in [-0.1, -0.05) is 48.5 Å². The third-order valence-corrected chi connectivity index (χ3v) is 4.89. The summed E-state index contributed by atoms with van der Waals surface area (Å²) in [5, 5.41) is 10.4. The van der Waals surface area contributed by atoms with Crippen molar-refractivity contribution in [3.63, 3.8) is 0 Å². The normalized spacial score (nSPS) is 16.4. The van der Waals surface area contributed by atoms with Gasteiger partial charge in [-0.2, -0.15) is 0 Å². The summed E-state index contributed by atoms with van der Waals surface area (Å²) in [5.74, 6) is 0.551. The third-order valence-electron chi connectivity index (χ3n) is 3.28. The van der Waals surface area contributed by atoms with Gasteiger partial charge < -0.3 is 5.11 Å².